The molecule has 1 aromatic carbocycles. The van der Waals surface area contributed by atoms with Crippen LogP contribution in [0.25, 0.3) is 0 Å². The Balaban J connectivity index is 2.58. The van der Waals surface area contributed by atoms with Gasteiger partial charge in [-0.1, -0.05) is 76.3 Å². The first-order valence-electron chi connectivity index (χ1n) is 11.2. The molecule has 29 heavy (non-hydrogen) atoms. The van der Waals surface area contributed by atoms with Crippen molar-refractivity contribution < 1.29 is 9.16 Å². The molecule has 0 heterocycles. The molecule has 1 rings (SSSR count). The minimum Gasteiger partial charge on any atom is -0.417 e. The van der Waals surface area contributed by atoms with E-state index in [0.717, 1.165) is 38.9 Å². The normalized spacial score (nSPS) is 14.4. The average Bonchev–Trinajstić information content (AvgIpc) is 2.67. The Bertz CT molecular complexity index is 601. The van der Waals surface area contributed by atoms with Crippen molar-refractivity contribution in [2.75, 3.05) is 13.2 Å². The first kappa shape index (κ1) is 25.9. The van der Waals surface area contributed by atoms with Gasteiger partial charge in [0.05, 0.1) is 13.2 Å². The molecule has 2 atom stereocenters. The summed E-state index contributed by atoms with van der Waals surface area (Å²) in [6, 6.07) is 10.4. The number of rotatable bonds is 14. The highest BCUT2D eigenvalue weighted by molar-refractivity contribution is 6.74. The Labute approximate surface area is 181 Å². The standard InChI is InChI=1S/C26H44O2Si/c1-9-22(3)19-25(21-27-20-23-15-12-11-13-16-23)24(10-2)17-14-18-28-29(7,8)26(4,5)6/h10-13,15-16,24-25H,2-3,9,14,17-21H2,1,4-8H3/t24-,25+/m1/s1. The number of hydrogen-bond acceptors (Lipinski definition) is 2. The van der Waals surface area contributed by atoms with E-state index in [4.69, 9.17) is 9.16 Å². The van der Waals surface area contributed by atoms with Crippen LogP contribution in [0.1, 0.15) is 58.9 Å². The second-order valence-electron chi connectivity index (χ2n) is 9.72. The molecule has 0 aliphatic carbocycles. The summed E-state index contributed by atoms with van der Waals surface area (Å²) in [5, 5.41) is 0.261. The Morgan fingerprint density at radius 1 is 1.17 bits per heavy atom. The second-order valence-corrected chi connectivity index (χ2v) is 14.5. The van der Waals surface area contributed by atoms with Crippen LogP contribution in [0.4, 0.5) is 0 Å². The zero-order chi connectivity index (χ0) is 21.9. The SMILES string of the molecule is C=C[C@H](CCCO[Si](C)(C)C(C)(C)C)[C@H](COCc1ccccc1)CC(=C)CC. The van der Waals surface area contributed by atoms with Crippen LogP contribution in [0.5, 0.6) is 0 Å². The van der Waals surface area contributed by atoms with Gasteiger partial charge in [0.2, 0.25) is 0 Å². The van der Waals surface area contributed by atoms with Gasteiger partial charge in [-0.15, -0.1) is 6.58 Å². The van der Waals surface area contributed by atoms with E-state index in [0.29, 0.717) is 18.4 Å². The van der Waals surface area contributed by atoms with E-state index in [1.54, 1.807) is 0 Å². The molecule has 3 heteroatoms. The maximum Gasteiger partial charge on any atom is 0.191 e. The minimum absolute atomic E-state index is 0.261. The zero-order valence-corrected chi connectivity index (χ0v) is 20.8. The highest BCUT2D eigenvalue weighted by atomic mass is 28.4. The van der Waals surface area contributed by atoms with Gasteiger partial charge in [-0.25, -0.2) is 0 Å². The molecule has 0 aliphatic rings. The van der Waals surface area contributed by atoms with Crippen molar-refractivity contribution >= 4 is 8.32 Å². The summed E-state index contributed by atoms with van der Waals surface area (Å²) >= 11 is 0. The summed E-state index contributed by atoms with van der Waals surface area (Å²) in [7, 11) is -1.67. The van der Waals surface area contributed by atoms with Gasteiger partial charge < -0.3 is 9.16 Å². The van der Waals surface area contributed by atoms with Gasteiger partial charge in [0, 0.05) is 6.61 Å². The Morgan fingerprint density at radius 2 is 1.83 bits per heavy atom. The van der Waals surface area contributed by atoms with Crippen molar-refractivity contribution in [3.05, 3.63) is 60.7 Å². The third-order valence-corrected chi connectivity index (χ3v) is 10.9. The lowest BCUT2D eigenvalue weighted by molar-refractivity contribution is 0.0704. The molecule has 0 saturated heterocycles. The van der Waals surface area contributed by atoms with Crippen LogP contribution in [0.3, 0.4) is 0 Å². The fourth-order valence-corrected chi connectivity index (χ4v) is 4.25. The van der Waals surface area contributed by atoms with E-state index in [2.05, 4.69) is 84.3 Å². The number of hydrogen-bond donors (Lipinski definition) is 0. The maximum absolute atomic E-state index is 6.37. The molecule has 0 spiro atoms. The topological polar surface area (TPSA) is 18.5 Å². The summed E-state index contributed by atoms with van der Waals surface area (Å²) < 4.78 is 12.5. The summed E-state index contributed by atoms with van der Waals surface area (Å²) in [4.78, 5) is 0. The fraction of sp³-hybridized carbons (Fsp3) is 0.615. The summed E-state index contributed by atoms with van der Waals surface area (Å²) in [6.45, 7) is 24.3. The van der Waals surface area contributed by atoms with Gasteiger partial charge in [0.15, 0.2) is 8.32 Å². The van der Waals surface area contributed by atoms with Crippen LogP contribution >= 0.6 is 0 Å². The molecule has 0 fully saturated rings. The quantitative estimate of drug-likeness (QED) is 0.175. The largest absolute Gasteiger partial charge is 0.417 e. The van der Waals surface area contributed by atoms with Crippen molar-refractivity contribution in [2.45, 2.75) is 78.1 Å². The predicted molar refractivity (Wildman–Crippen MR) is 130 cm³/mol. The van der Waals surface area contributed by atoms with Crippen LogP contribution in [0.15, 0.2) is 55.1 Å². The Morgan fingerprint density at radius 3 is 2.38 bits per heavy atom. The average molecular weight is 417 g/mol. The number of benzene rings is 1. The first-order chi connectivity index (χ1) is 13.6. The maximum atomic E-state index is 6.37. The van der Waals surface area contributed by atoms with E-state index in [-0.39, 0.29) is 5.04 Å². The van der Waals surface area contributed by atoms with E-state index in [1.165, 1.54) is 11.1 Å². The molecule has 0 aliphatic heterocycles. The molecule has 164 valence electrons. The van der Waals surface area contributed by atoms with Gasteiger partial charge in [0.1, 0.15) is 0 Å². The van der Waals surface area contributed by atoms with Crippen LogP contribution in [0, 0.1) is 11.8 Å². The number of allylic oxidation sites excluding steroid dienone is 2. The molecule has 0 unspecified atom stereocenters. The number of ether oxygens (including phenoxy) is 1. The van der Waals surface area contributed by atoms with E-state index < -0.39 is 8.32 Å². The van der Waals surface area contributed by atoms with E-state index in [9.17, 15) is 0 Å². The van der Waals surface area contributed by atoms with Gasteiger partial charge in [0.25, 0.3) is 0 Å². The lowest BCUT2D eigenvalue weighted by Crippen LogP contribution is -2.41. The van der Waals surface area contributed by atoms with Gasteiger partial charge >= 0.3 is 0 Å². The van der Waals surface area contributed by atoms with Crippen LogP contribution in [-0.4, -0.2) is 21.5 Å². The zero-order valence-electron chi connectivity index (χ0n) is 19.8. The molecular weight excluding hydrogens is 372 g/mol. The summed E-state index contributed by atoms with van der Waals surface area (Å²) in [5.74, 6) is 0.855. The molecule has 0 saturated carbocycles. The smallest absolute Gasteiger partial charge is 0.191 e. The van der Waals surface area contributed by atoms with E-state index >= 15 is 0 Å². The van der Waals surface area contributed by atoms with Crippen LogP contribution in [0.2, 0.25) is 18.1 Å². The lowest BCUT2D eigenvalue weighted by atomic mass is 9.84. The molecule has 2 nitrogen and oxygen atoms in total. The minimum atomic E-state index is -1.67. The molecule has 1 aromatic rings. The summed E-state index contributed by atoms with van der Waals surface area (Å²) in [6.07, 6.45) is 6.30. The second kappa shape index (κ2) is 12.5. The third kappa shape index (κ3) is 9.46. The molecule has 0 N–H and O–H groups in total. The van der Waals surface area contributed by atoms with Crippen molar-refractivity contribution in [1.29, 1.82) is 0 Å². The Kier molecular flexibility index (Phi) is 11.2. The fourth-order valence-electron chi connectivity index (χ4n) is 3.16. The van der Waals surface area contributed by atoms with Crippen molar-refractivity contribution in [3.63, 3.8) is 0 Å². The molecular formula is C26H44O2Si. The highest BCUT2D eigenvalue weighted by Gasteiger charge is 2.36. The van der Waals surface area contributed by atoms with Gasteiger partial charge in [-0.3, -0.25) is 0 Å². The van der Waals surface area contributed by atoms with Crippen molar-refractivity contribution in [2.24, 2.45) is 11.8 Å². The molecule has 0 bridgehead atoms. The molecule has 0 amide bonds. The van der Waals surface area contributed by atoms with Gasteiger partial charge in [-0.2, -0.15) is 0 Å². The first-order valence-corrected chi connectivity index (χ1v) is 14.1. The molecule has 0 aromatic heterocycles. The summed E-state index contributed by atoms with van der Waals surface area (Å²) in [5.41, 5.74) is 2.51. The van der Waals surface area contributed by atoms with E-state index in [1.807, 2.05) is 6.07 Å². The highest BCUT2D eigenvalue weighted by Crippen LogP contribution is 2.36. The van der Waals surface area contributed by atoms with Gasteiger partial charge in [-0.05, 0) is 61.2 Å². The van der Waals surface area contributed by atoms with Crippen molar-refractivity contribution in [1.82, 2.24) is 0 Å². The van der Waals surface area contributed by atoms with Crippen molar-refractivity contribution in [3.8, 4) is 0 Å². The molecule has 0 radical (unpaired) electrons. The Hall–Kier alpha value is -1.16. The van der Waals surface area contributed by atoms with Crippen LogP contribution in [-0.2, 0) is 15.8 Å². The third-order valence-electron chi connectivity index (χ3n) is 6.35. The van der Waals surface area contributed by atoms with Crippen LogP contribution < -0.4 is 0 Å². The monoisotopic (exact) mass is 416 g/mol. The predicted octanol–water partition coefficient (Wildman–Crippen LogP) is 7.78. The lowest BCUT2D eigenvalue weighted by Gasteiger charge is -2.36.